The molecule has 178 valence electrons. The monoisotopic (exact) mass is 449 g/mol. The van der Waals surface area contributed by atoms with Crippen LogP contribution in [-0.2, 0) is 19.5 Å². The van der Waals surface area contributed by atoms with Gasteiger partial charge in [0.05, 0.1) is 6.54 Å². The van der Waals surface area contributed by atoms with Gasteiger partial charge >= 0.3 is 0 Å². The van der Waals surface area contributed by atoms with Gasteiger partial charge in [-0.25, -0.2) is 4.99 Å². The summed E-state index contributed by atoms with van der Waals surface area (Å²) in [6, 6.07) is 16.9. The highest BCUT2D eigenvalue weighted by molar-refractivity contribution is 5.93. The second kappa shape index (κ2) is 11.8. The molecular formula is C27H39N5O. The van der Waals surface area contributed by atoms with Crippen LogP contribution in [0.15, 0.2) is 53.5 Å². The Labute approximate surface area is 199 Å². The predicted molar refractivity (Wildman–Crippen MR) is 136 cm³/mol. The summed E-state index contributed by atoms with van der Waals surface area (Å²) >= 11 is 0. The average molecular weight is 450 g/mol. The number of hydrogen-bond donors (Lipinski definition) is 2. The van der Waals surface area contributed by atoms with Gasteiger partial charge in [-0.3, -0.25) is 9.69 Å². The highest BCUT2D eigenvalue weighted by Gasteiger charge is 2.25. The fraction of sp³-hybridized carbons (Fsp3) is 0.481. The molecule has 3 rings (SSSR count). The van der Waals surface area contributed by atoms with E-state index in [-0.39, 0.29) is 5.91 Å². The Kier molecular flexibility index (Phi) is 8.89. The van der Waals surface area contributed by atoms with Gasteiger partial charge in [-0.2, -0.15) is 0 Å². The van der Waals surface area contributed by atoms with Crippen molar-refractivity contribution in [1.29, 1.82) is 0 Å². The minimum Gasteiger partial charge on any atom is -0.357 e. The highest BCUT2D eigenvalue weighted by Crippen LogP contribution is 2.22. The Balaban J connectivity index is 1.62. The second-order valence-corrected chi connectivity index (χ2v) is 9.27. The van der Waals surface area contributed by atoms with Gasteiger partial charge in [-0.05, 0) is 48.1 Å². The van der Waals surface area contributed by atoms with Crippen molar-refractivity contribution >= 4 is 11.9 Å². The molecule has 2 aromatic carbocycles. The summed E-state index contributed by atoms with van der Waals surface area (Å²) in [4.78, 5) is 21.1. The largest absolute Gasteiger partial charge is 0.357 e. The van der Waals surface area contributed by atoms with Gasteiger partial charge in [0.1, 0.15) is 0 Å². The van der Waals surface area contributed by atoms with E-state index >= 15 is 0 Å². The van der Waals surface area contributed by atoms with Crippen LogP contribution in [0.4, 0.5) is 0 Å². The molecule has 1 amide bonds. The van der Waals surface area contributed by atoms with Crippen molar-refractivity contribution in [3.63, 3.8) is 0 Å². The summed E-state index contributed by atoms with van der Waals surface area (Å²) in [5.74, 6) is 1.38. The van der Waals surface area contributed by atoms with E-state index in [1.54, 1.807) is 19.0 Å². The van der Waals surface area contributed by atoms with Crippen LogP contribution < -0.4 is 10.6 Å². The number of amides is 1. The molecule has 0 fully saturated rings. The predicted octanol–water partition coefficient (Wildman–Crippen LogP) is 3.53. The Morgan fingerprint density at radius 2 is 1.76 bits per heavy atom. The minimum absolute atomic E-state index is 0.0140. The SMILES string of the molecule is CCNC(=NCc1ccc(C(=O)N(C)C)cc1)NCC(C(C)C)N1CCc2ccccc2C1. The number of rotatable bonds is 8. The van der Waals surface area contributed by atoms with Crippen LogP contribution in [0.1, 0.15) is 47.8 Å². The maximum atomic E-state index is 12.1. The maximum Gasteiger partial charge on any atom is 0.253 e. The van der Waals surface area contributed by atoms with Crippen molar-refractivity contribution in [3.8, 4) is 0 Å². The number of hydrogen-bond acceptors (Lipinski definition) is 3. The van der Waals surface area contributed by atoms with Gasteiger partial charge < -0.3 is 15.5 Å². The smallest absolute Gasteiger partial charge is 0.253 e. The van der Waals surface area contributed by atoms with Gasteiger partial charge in [0.25, 0.3) is 5.91 Å². The number of carbonyl (C=O) groups excluding carboxylic acids is 1. The van der Waals surface area contributed by atoms with E-state index < -0.39 is 0 Å². The van der Waals surface area contributed by atoms with E-state index in [4.69, 9.17) is 4.99 Å². The van der Waals surface area contributed by atoms with Crippen LogP contribution >= 0.6 is 0 Å². The number of fused-ring (bicyclic) bond motifs is 1. The molecule has 1 atom stereocenters. The standard InChI is InChI=1S/C27H39N5O/c1-6-28-27(29-17-21-11-13-23(14-12-21)26(33)31(4)5)30-18-25(20(2)3)32-16-15-22-9-7-8-10-24(22)19-32/h7-14,20,25H,6,15-19H2,1-5H3,(H2,28,29,30). The molecule has 6 nitrogen and oxygen atoms in total. The molecule has 6 heteroatoms. The number of aliphatic imine (C=N–C) groups is 1. The lowest BCUT2D eigenvalue weighted by molar-refractivity contribution is 0.0827. The van der Waals surface area contributed by atoms with E-state index in [1.807, 2.05) is 24.3 Å². The normalized spacial score (nSPS) is 15.2. The van der Waals surface area contributed by atoms with Crippen molar-refractivity contribution in [1.82, 2.24) is 20.4 Å². The van der Waals surface area contributed by atoms with Gasteiger partial charge in [0, 0.05) is 51.9 Å². The first-order valence-electron chi connectivity index (χ1n) is 12.0. The number of nitrogens with one attached hydrogen (secondary N) is 2. The second-order valence-electron chi connectivity index (χ2n) is 9.27. The molecule has 0 spiro atoms. The minimum atomic E-state index is 0.0140. The van der Waals surface area contributed by atoms with Gasteiger partial charge in [0.2, 0.25) is 0 Å². The summed E-state index contributed by atoms with van der Waals surface area (Å²) in [5.41, 5.74) is 4.71. The van der Waals surface area contributed by atoms with Gasteiger partial charge in [0.15, 0.2) is 5.96 Å². The molecule has 0 saturated carbocycles. The van der Waals surface area contributed by atoms with Crippen LogP contribution in [0, 0.1) is 5.92 Å². The van der Waals surface area contributed by atoms with Crippen LogP contribution in [0.2, 0.25) is 0 Å². The molecule has 2 N–H and O–H groups in total. The fourth-order valence-corrected chi connectivity index (χ4v) is 4.31. The number of benzene rings is 2. The Hall–Kier alpha value is -2.86. The molecule has 2 aromatic rings. The molecule has 0 bridgehead atoms. The number of carbonyl (C=O) groups is 1. The first-order valence-corrected chi connectivity index (χ1v) is 12.0. The lowest BCUT2D eigenvalue weighted by atomic mass is 9.95. The van der Waals surface area contributed by atoms with Crippen molar-refractivity contribution in [2.45, 2.75) is 46.3 Å². The zero-order valence-electron chi connectivity index (χ0n) is 20.8. The van der Waals surface area contributed by atoms with Crippen LogP contribution in [-0.4, -0.2) is 61.4 Å². The van der Waals surface area contributed by atoms with E-state index in [0.29, 0.717) is 24.1 Å². The molecular weight excluding hydrogens is 410 g/mol. The summed E-state index contributed by atoms with van der Waals surface area (Å²) in [7, 11) is 3.53. The summed E-state index contributed by atoms with van der Waals surface area (Å²) in [6.07, 6.45) is 1.11. The Morgan fingerprint density at radius 1 is 1.06 bits per heavy atom. The number of nitrogens with zero attached hydrogens (tertiary/aromatic N) is 3. The van der Waals surface area contributed by atoms with Gasteiger partial charge in [-0.15, -0.1) is 0 Å². The van der Waals surface area contributed by atoms with E-state index in [0.717, 1.165) is 44.1 Å². The summed E-state index contributed by atoms with van der Waals surface area (Å²) in [5, 5.41) is 6.94. The molecule has 33 heavy (non-hydrogen) atoms. The third-order valence-corrected chi connectivity index (χ3v) is 6.25. The number of guanidine groups is 1. The molecule has 1 aliphatic rings. The summed E-state index contributed by atoms with van der Waals surface area (Å²) < 4.78 is 0. The van der Waals surface area contributed by atoms with Crippen molar-refractivity contribution in [3.05, 3.63) is 70.8 Å². The van der Waals surface area contributed by atoms with Crippen molar-refractivity contribution < 1.29 is 4.79 Å². The molecule has 1 aliphatic heterocycles. The van der Waals surface area contributed by atoms with E-state index in [2.05, 4.69) is 60.6 Å². The quantitative estimate of drug-likeness (QED) is 0.478. The fourth-order valence-electron chi connectivity index (χ4n) is 4.31. The topological polar surface area (TPSA) is 60.0 Å². The molecule has 1 unspecified atom stereocenters. The van der Waals surface area contributed by atoms with Crippen LogP contribution in [0.25, 0.3) is 0 Å². The maximum absolute atomic E-state index is 12.1. The lowest BCUT2D eigenvalue weighted by Gasteiger charge is -2.38. The van der Waals surface area contributed by atoms with Gasteiger partial charge in [-0.1, -0.05) is 50.2 Å². The third-order valence-electron chi connectivity index (χ3n) is 6.25. The zero-order valence-corrected chi connectivity index (χ0v) is 20.8. The Morgan fingerprint density at radius 3 is 2.39 bits per heavy atom. The van der Waals surface area contributed by atoms with E-state index in [9.17, 15) is 4.79 Å². The van der Waals surface area contributed by atoms with Crippen LogP contribution in [0.5, 0.6) is 0 Å². The van der Waals surface area contributed by atoms with Crippen LogP contribution in [0.3, 0.4) is 0 Å². The zero-order chi connectivity index (χ0) is 23.8. The first-order chi connectivity index (χ1) is 15.9. The molecule has 1 heterocycles. The van der Waals surface area contributed by atoms with Crippen molar-refractivity contribution in [2.75, 3.05) is 33.7 Å². The summed E-state index contributed by atoms with van der Waals surface area (Å²) in [6.45, 7) is 11.0. The molecule has 0 radical (unpaired) electrons. The Bertz CT molecular complexity index is 936. The average Bonchev–Trinajstić information content (AvgIpc) is 2.82. The third kappa shape index (κ3) is 6.81. The molecule has 0 aromatic heterocycles. The first kappa shape index (κ1) is 24.8. The lowest BCUT2D eigenvalue weighted by Crippen LogP contribution is -2.50. The van der Waals surface area contributed by atoms with E-state index in [1.165, 1.54) is 11.1 Å². The highest BCUT2D eigenvalue weighted by atomic mass is 16.2. The van der Waals surface area contributed by atoms with Crippen molar-refractivity contribution in [2.24, 2.45) is 10.9 Å². The molecule has 0 saturated heterocycles. The molecule has 0 aliphatic carbocycles.